The largest absolute Gasteiger partial charge is 0.402 e. The normalized spacial score (nSPS) is 32.6. The predicted octanol–water partition coefficient (Wildman–Crippen LogP) is 3.52. The minimum atomic E-state index is 0.601. The fraction of sp³-hybridized carbons (Fsp3) is 0.692. The maximum absolute atomic E-state index is 6.24. The maximum Gasteiger partial charge on any atom is 0.0144 e. The molecule has 0 bridgehead atoms. The highest BCUT2D eigenvalue weighted by atomic mass is 14.6. The van der Waals surface area contributed by atoms with Crippen LogP contribution >= 0.6 is 0 Å². The van der Waals surface area contributed by atoms with Crippen molar-refractivity contribution >= 4 is 0 Å². The van der Waals surface area contributed by atoms with Gasteiger partial charge >= 0.3 is 0 Å². The summed E-state index contributed by atoms with van der Waals surface area (Å²) in [6, 6.07) is 0. The molecule has 1 nitrogen and oxygen atoms in total. The van der Waals surface area contributed by atoms with Gasteiger partial charge in [0.1, 0.15) is 0 Å². The number of hydrogen-bond acceptors (Lipinski definition) is 1. The second-order valence-electron chi connectivity index (χ2n) is 4.70. The van der Waals surface area contributed by atoms with Crippen molar-refractivity contribution in [3.8, 4) is 0 Å². The zero-order chi connectivity index (χ0) is 9.97. The molecule has 0 aliphatic heterocycles. The Labute approximate surface area is 87.1 Å². The zero-order valence-electron chi connectivity index (χ0n) is 9.18. The van der Waals surface area contributed by atoms with Crippen LogP contribution in [0.15, 0.2) is 22.9 Å². The van der Waals surface area contributed by atoms with E-state index in [1.165, 1.54) is 56.2 Å². The summed E-state index contributed by atoms with van der Waals surface area (Å²) in [5.74, 6) is 0.601. The number of nitrogens with two attached hydrogens (primary N) is 1. The summed E-state index contributed by atoms with van der Waals surface area (Å²) in [6.07, 6.45) is 11.5. The molecule has 1 saturated carbocycles. The van der Waals surface area contributed by atoms with E-state index < -0.39 is 0 Å². The van der Waals surface area contributed by atoms with Gasteiger partial charge in [-0.3, -0.25) is 0 Å². The first-order chi connectivity index (χ1) is 6.79. The van der Waals surface area contributed by atoms with Crippen LogP contribution in [0.25, 0.3) is 0 Å². The Kier molecular flexibility index (Phi) is 2.95. The van der Waals surface area contributed by atoms with Crippen molar-refractivity contribution in [3.63, 3.8) is 0 Å². The first-order valence-electron chi connectivity index (χ1n) is 5.97. The predicted molar refractivity (Wildman–Crippen MR) is 60.8 cm³/mol. The molecule has 78 valence electrons. The van der Waals surface area contributed by atoms with Crippen molar-refractivity contribution in [1.82, 2.24) is 0 Å². The van der Waals surface area contributed by atoms with Crippen LogP contribution in [-0.4, -0.2) is 0 Å². The first-order valence-corrected chi connectivity index (χ1v) is 5.97. The molecule has 0 heterocycles. The molecule has 0 aromatic heterocycles. The van der Waals surface area contributed by atoms with Crippen LogP contribution in [0.5, 0.6) is 0 Å². The topological polar surface area (TPSA) is 26.0 Å². The van der Waals surface area contributed by atoms with Gasteiger partial charge in [-0.05, 0) is 55.6 Å². The summed E-state index contributed by atoms with van der Waals surface area (Å²) in [7, 11) is 0. The summed E-state index contributed by atoms with van der Waals surface area (Å²) in [4.78, 5) is 0. The molecule has 1 heteroatoms. The van der Waals surface area contributed by atoms with Crippen LogP contribution in [0.4, 0.5) is 0 Å². The number of hydrogen-bond donors (Lipinski definition) is 1. The van der Waals surface area contributed by atoms with Gasteiger partial charge in [-0.1, -0.05) is 19.4 Å². The van der Waals surface area contributed by atoms with Crippen molar-refractivity contribution in [2.75, 3.05) is 0 Å². The maximum atomic E-state index is 6.24. The van der Waals surface area contributed by atoms with Crippen LogP contribution in [0.2, 0.25) is 0 Å². The van der Waals surface area contributed by atoms with Crippen molar-refractivity contribution in [3.05, 3.63) is 22.9 Å². The summed E-state index contributed by atoms with van der Waals surface area (Å²) >= 11 is 0. The third-order valence-electron chi connectivity index (χ3n) is 3.62. The molecule has 0 aromatic carbocycles. The quantitative estimate of drug-likeness (QED) is 0.623. The standard InChI is InChI=1S/C13H21N/c1-10-6-3-2-4-7-11-8-5-9-12(11)13(10)14/h7,10H,2-6,8-9,14H2,1H3/b11-7-,13-12?. The van der Waals surface area contributed by atoms with Gasteiger partial charge in [-0.15, -0.1) is 0 Å². The summed E-state index contributed by atoms with van der Waals surface area (Å²) in [6.45, 7) is 2.28. The van der Waals surface area contributed by atoms with Crippen LogP contribution in [-0.2, 0) is 0 Å². The molecule has 0 saturated heterocycles. The minimum Gasteiger partial charge on any atom is -0.402 e. The molecule has 1 atom stereocenters. The van der Waals surface area contributed by atoms with Gasteiger partial charge < -0.3 is 5.73 Å². The van der Waals surface area contributed by atoms with Crippen LogP contribution in [0.3, 0.4) is 0 Å². The monoisotopic (exact) mass is 191 g/mol. The first kappa shape index (κ1) is 9.82. The Hall–Kier alpha value is -0.720. The van der Waals surface area contributed by atoms with E-state index in [-0.39, 0.29) is 0 Å². The van der Waals surface area contributed by atoms with Gasteiger partial charge in [-0.2, -0.15) is 0 Å². The lowest BCUT2D eigenvalue weighted by molar-refractivity contribution is 0.555. The Morgan fingerprint density at radius 2 is 2.07 bits per heavy atom. The summed E-state index contributed by atoms with van der Waals surface area (Å²) in [5, 5.41) is 0. The molecular weight excluding hydrogens is 170 g/mol. The van der Waals surface area contributed by atoms with E-state index in [4.69, 9.17) is 5.73 Å². The molecular formula is C13H21N. The lowest BCUT2D eigenvalue weighted by Gasteiger charge is -2.14. The highest BCUT2D eigenvalue weighted by Crippen LogP contribution is 2.35. The molecule has 1 unspecified atom stereocenters. The van der Waals surface area contributed by atoms with Crippen molar-refractivity contribution in [1.29, 1.82) is 0 Å². The van der Waals surface area contributed by atoms with E-state index in [1.54, 1.807) is 5.57 Å². The van der Waals surface area contributed by atoms with Crippen molar-refractivity contribution < 1.29 is 0 Å². The third kappa shape index (κ3) is 1.87. The molecule has 2 aliphatic rings. The molecule has 0 amide bonds. The summed E-state index contributed by atoms with van der Waals surface area (Å²) in [5.41, 5.74) is 10.5. The Balaban J connectivity index is 2.30. The number of rotatable bonds is 0. The molecule has 0 spiro atoms. The lowest BCUT2D eigenvalue weighted by atomic mass is 9.96. The average Bonchev–Trinajstić information content (AvgIpc) is 2.63. The van der Waals surface area contributed by atoms with Crippen LogP contribution < -0.4 is 5.73 Å². The fourth-order valence-corrected chi connectivity index (χ4v) is 2.65. The van der Waals surface area contributed by atoms with E-state index in [2.05, 4.69) is 13.0 Å². The van der Waals surface area contributed by atoms with Crippen LogP contribution in [0.1, 0.15) is 51.9 Å². The molecule has 2 N–H and O–H groups in total. The minimum absolute atomic E-state index is 0.601. The highest BCUT2D eigenvalue weighted by molar-refractivity contribution is 5.38. The fourth-order valence-electron chi connectivity index (χ4n) is 2.65. The van der Waals surface area contributed by atoms with E-state index in [9.17, 15) is 0 Å². The van der Waals surface area contributed by atoms with Gasteiger partial charge in [0.05, 0.1) is 0 Å². The van der Waals surface area contributed by atoms with E-state index in [0.29, 0.717) is 5.92 Å². The Morgan fingerprint density at radius 1 is 1.21 bits per heavy atom. The highest BCUT2D eigenvalue weighted by Gasteiger charge is 2.20. The third-order valence-corrected chi connectivity index (χ3v) is 3.62. The number of fused-ring (bicyclic) bond motifs is 1. The Morgan fingerprint density at radius 3 is 2.93 bits per heavy atom. The van der Waals surface area contributed by atoms with Crippen molar-refractivity contribution in [2.24, 2.45) is 11.7 Å². The molecule has 2 aliphatic carbocycles. The molecule has 0 aromatic rings. The van der Waals surface area contributed by atoms with Crippen LogP contribution in [0, 0.1) is 5.92 Å². The Bertz CT molecular complexity index is 273. The van der Waals surface area contributed by atoms with Gasteiger partial charge in [0.2, 0.25) is 0 Å². The van der Waals surface area contributed by atoms with Gasteiger partial charge in [0, 0.05) is 5.70 Å². The molecule has 14 heavy (non-hydrogen) atoms. The van der Waals surface area contributed by atoms with Crippen molar-refractivity contribution in [2.45, 2.75) is 51.9 Å². The number of allylic oxidation sites excluding steroid dienone is 4. The second-order valence-corrected chi connectivity index (χ2v) is 4.70. The average molecular weight is 191 g/mol. The second kappa shape index (κ2) is 4.20. The molecule has 0 radical (unpaired) electrons. The zero-order valence-corrected chi connectivity index (χ0v) is 9.18. The van der Waals surface area contributed by atoms with Gasteiger partial charge in [-0.25, -0.2) is 0 Å². The molecule has 1 fully saturated rings. The van der Waals surface area contributed by atoms with Gasteiger partial charge in [0.15, 0.2) is 0 Å². The SMILES string of the molecule is CC1CCCC/C=C2/CCCC2=C1N. The molecule has 2 rings (SSSR count). The lowest BCUT2D eigenvalue weighted by Crippen LogP contribution is -2.11. The smallest absolute Gasteiger partial charge is 0.0144 e. The van der Waals surface area contributed by atoms with E-state index >= 15 is 0 Å². The van der Waals surface area contributed by atoms with E-state index in [0.717, 1.165) is 0 Å². The van der Waals surface area contributed by atoms with E-state index in [1.807, 2.05) is 0 Å². The van der Waals surface area contributed by atoms with Gasteiger partial charge in [0.25, 0.3) is 0 Å². The summed E-state index contributed by atoms with van der Waals surface area (Å²) < 4.78 is 0.